The molecule has 2 aromatic rings. The van der Waals surface area contributed by atoms with Crippen LogP contribution >= 0.6 is 15.9 Å². The average Bonchev–Trinajstić information content (AvgIpc) is 2.43. The van der Waals surface area contributed by atoms with Crippen LogP contribution in [0.3, 0.4) is 0 Å². The Labute approximate surface area is 123 Å². The summed E-state index contributed by atoms with van der Waals surface area (Å²) in [5.74, 6) is -1.01. The van der Waals surface area contributed by atoms with Gasteiger partial charge in [0.05, 0.1) is 12.0 Å². The van der Waals surface area contributed by atoms with Gasteiger partial charge in [-0.15, -0.1) is 0 Å². The fourth-order valence-corrected chi connectivity index (χ4v) is 2.22. The zero-order chi connectivity index (χ0) is 14.7. The number of aryl methyl sites for hydroxylation is 1. The molecule has 0 radical (unpaired) electrons. The molecule has 0 saturated heterocycles. The number of carbonyl (C=O) groups excluding carboxylic acids is 2. The highest BCUT2D eigenvalue weighted by molar-refractivity contribution is 9.10. The van der Waals surface area contributed by atoms with Crippen LogP contribution in [0.25, 0.3) is 0 Å². The molecule has 102 valence electrons. The molecule has 6 heteroatoms. The van der Waals surface area contributed by atoms with E-state index in [9.17, 15) is 14.7 Å². The first kappa shape index (κ1) is 14.3. The molecular formula is C14H11BrN2O3. The lowest BCUT2D eigenvalue weighted by atomic mass is 10.0. The lowest BCUT2D eigenvalue weighted by Gasteiger charge is -2.06. The van der Waals surface area contributed by atoms with Crippen molar-refractivity contribution < 1.29 is 14.7 Å². The van der Waals surface area contributed by atoms with E-state index < -0.39 is 5.78 Å². The SMILES string of the molecule is Cc1cc(C(=O)CC(=O)c2ccncc2)c(O)c(Br)n1. The number of halogens is 1. The molecular weight excluding hydrogens is 324 g/mol. The molecule has 0 fully saturated rings. The topological polar surface area (TPSA) is 80.2 Å². The second kappa shape index (κ2) is 5.92. The Balaban J connectivity index is 2.23. The Hall–Kier alpha value is -2.08. The summed E-state index contributed by atoms with van der Waals surface area (Å²) in [6.45, 7) is 1.70. The number of carbonyl (C=O) groups is 2. The summed E-state index contributed by atoms with van der Waals surface area (Å²) in [5, 5.41) is 9.82. The van der Waals surface area contributed by atoms with Gasteiger partial charge in [0.1, 0.15) is 4.60 Å². The third-order valence-corrected chi connectivity index (χ3v) is 3.25. The van der Waals surface area contributed by atoms with E-state index in [0.29, 0.717) is 11.3 Å². The largest absolute Gasteiger partial charge is 0.504 e. The molecule has 0 saturated carbocycles. The maximum Gasteiger partial charge on any atom is 0.174 e. The van der Waals surface area contributed by atoms with Crippen LogP contribution in [0.5, 0.6) is 5.75 Å². The van der Waals surface area contributed by atoms with E-state index in [4.69, 9.17) is 0 Å². The van der Waals surface area contributed by atoms with Crippen molar-refractivity contribution in [1.82, 2.24) is 9.97 Å². The Bertz CT molecular complexity index is 672. The smallest absolute Gasteiger partial charge is 0.174 e. The molecule has 0 unspecified atom stereocenters. The van der Waals surface area contributed by atoms with Crippen molar-refractivity contribution in [1.29, 1.82) is 0 Å². The van der Waals surface area contributed by atoms with Crippen molar-refractivity contribution >= 4 is 27.5 Å². The van der Waals surface area contributed by atoms with Gasteiger partial charge in [-0.3, -0.25) is 14.6 Å². The predicted octanol–water partition coefficient (Wildman–Crippen LogP) is 2.71. The first-order valence-electron chi connectivity index (χ1n) is 5.81. The van der Waals surface area contributed by atoms with Crippen LogP contribution in [0.15, 0.2) is 35.2 Å². The third-order valence-electron chi connectivity index (χ3n) is 2.70. The maximum atomic E-state index is 12.1. The van der Waals surface area contributed by atoms with Crippen molar-refractivity contribution in [2.24, 2.45) is 0 Å². The number of nitrogens with zero attached hydrogens (tertiary/aromatic N) is 2. The van der Waals surface area contributed by atoms with Crippen LogP contribution in [0.2, 0.25) is 0 Å². The Morgan fingerprint density at radius 1 is 1.25 bits per heavy atom. The van der Waals surface area contributed by atoms with Gasteiger partial charge in [-0.25, -0.2) is 4.98 Å². The summed E-state index contributed by atoms with van der Waals surface area (Å²) in [4.78, 5) is 31.8. The van der Waals surface area contributed by atoms with E-state index >= 15 is 0 Å². The molecule has 1 N–H and O–H groups in total. The van der Waals surface area contributed by atoms with Gasteiger partial charge in [0.15, 0.2) is 17.3 Å². The number of rotatable bonds is 4. The number of aromatic nitrogens is 2. The van der Waals surface area contributed by atoms with Gasteiger partial charge in [-0.2, -0.15) is 0 Å². The molecule has 0 aliphatic rings. The van der Waals surface area contributed by atoms with E-state index in [-0.39, 0.29) is 28.1 Å². The van der Waals surface area contributed by atoms with Crippen molar-refractivity contribution in [3.05, 3.63) is 52.0 Å². The predicted molar refractivity (Wildman–Crippen MR) is 75.9 cm³/mol. The van der Waals surface area contributed by atoms with E-state index in [1.807, 2.05) is 0 Å². The highest BCUT2D eigenvalue weighted by Gasteiger charge is 2.19. The molecule has 0 bridgehead atoms. The first-order chi connectivity index (χ1) is 9.49. The molecule has 0 aromatic carbocycles. The lowest BCUT2D eigenvalue weighted by Crippen LogP contribution is -2.09. The van der Waals surface area contributed by atoms with Gasteiger partial charge in [0.25, 0.3) is 0 Å². The molecule has 20 heavy (non-hydrogen) atoms. The van der Waals surface area contributed by atoms with Gasteiger partial charge < -0.3 is 5.11 Å². The number of hydrogen-bond acceptors (Lipinski definition) is 5. The van der Waals surface area contributed by atoms with Crippen molar-refractivity contribution in [2.45, 2.75) is 13.3 Å². The quantitative estimate of drug-likeness (QED) is 0.528. The normalized spacial score (nSPS) is 10.3. The second-order valence-electron chi connectivity index (χ2n) is 4.21. The Kier molecular flexibility index (Phi) is 4.24. The highest BCUT2D eigenvalue weighted by atomic mass is 79.9. The van der Waals surface area contributed by atoms with Crippen LogP contribution in [0.1, 0.15) is 32.8 Å². The van der Waals surface area contributed by atoms with Crippen LogP contribution in [0, 0.1) is 6.92 Å². The molecule has 2 rings (SSSR count). The van der Waals surface area contributed by atoms with Gasteiger partial charge in [-0.05, 0) is 41.1 Å². The highest BCUT2D eigenvalue weighted by Crippen LogP contribution is 2.27. The van der Waals surface area contributed by atoms with Crippen LogP contribution in [0.4, 0.5) is 0 Å². The van der Waals surface area contributed by atoms with Gasteiger partial charge in [0, 0.05) is 23.7 Å². The maximum absolute atomic E-state index is 12.1. The summed E-state index contributed by atoms with van der Waals surface area (Å²) in [6.07, 6.45) is 2.66. The molecule has 2 heterocycles. The van der Waals surface area contributed by atoms with Crippen molar-refractivity contribution in [3.8, 4) is 5.75 Å². The van der Waals surface area contributed by atoms with Gasteiger partial charge in [-0.1, -0.05) is 0 Å². The first-order valence-corrected chi connectivity index (χ1v) is 6.61. The third kappa shape index (κ3) is 3.08. The summed E-state index contributed by atoms with van der Waals surface area (Å²) in [6, 6.07) is 4.55. The van der Waals surface area contributed by atoms with Crippen LogP contribution in [-0.4, -0.2) is 26.6 Å². The van der Waals surface area contributed by atoms with E-state index in [2.05, 4.69) is 25.9 Å². The molecule has 0 atom stereocenters. The number of hydrogen-bond donors (Lipinski definition) is 1. The lowest BCUT2D eigenvalue weighted by molar-refractivity contribution is 0.0892. The minimum atomic E-state index is -0.449. The van der Waals surface area contributed by atoms with E-state index in [0.717, 1.165) is 0 Å². The van der Waals surface area contributed by atoms with Gasteiger partial charge in [0.2, 0.25) is 0 Å². The molecule has 0 aliphatic carbocycles. The number of aromatic hydroxyl groups is 1. The Morgan fingerprint density at radius 3 is 2.55 bits per heavy atom. The summed E-state index contributed by atoms with van der Waals surface area (Å²) in [5.41, 5.74) is 1.08. The van der Waals surface area contributed by atoms with Crippen molar-refractivity contribution in [3.63, 3.8) is 0 Å². The summed E-state index contributed by atoms with van der Waals surface area (Å²) >= 11 is 3.07. The monoisotopic (exact) mass is 334 g/mol. The zero-order valence-electron chi connectivity index (χ0n) is 10.6. The van der Waals surface area contributed by atoms with Crippen LogP contribution < -0.4 is 0 Å². The number of pyridine rings is 2. The second-order valence-corrected chi connectivity index (χ2v) is 4.96. The van der Waals surface area contributed by atoms with E-state index in [1.54, 1.807) is 19.1 Å². The number of ketones is 2. The minimum absolute atomic E-state index is 0.0896. The van der Waals surface area contributed by atoms with Gasteiger partial charge >= 0.3 is 0 Å². The fraction of sp³-hybridized carbons (Fsp3) is 0.143. The molecule has 0 aliphatic heterocycles. The number of Topliss-reactive ketones (excluding diaryl/α,β-unsaturated/α-hetero) is 2. The Morgan fingerprint density at radius 2 is 1.90 bits per heavy atom. The fourth-order valence-electron chi connectivity index (χ4n) is 1.72. The van der Waals surface area contributed by atoms with Crippen molar-refractivity contribution in [2.75, 3.05) is 0 Å². The standard InChI is InChI=1S/C14H11BrN2O3/c1-8-6-10(13(20)14(15)17-8)12(19)7-11(18)9-2-4-16-5-3-9/h2-6,20H,7H2,1H3. The zero-order valence-corrected chi connectivity index (χ0v) is 12.2. The molecule has 0 amide bonds. The molecule has 2 aromatic heterocycles. The average molecular weight is 335 g/mol. The summed E-state index contributed by atoms with van der Waals surface area (Å²) < 4.78 is 0.192. The minimum Gasteiger partial charge on any atom is -0.504 e. The summed E-state index contributed by atoms with van der Waals surface area (Å²) in [7, 11) is 0. The van der Waals surface area contributed by atoms with Crippen LogP contribution in [-0.2, 0) is 0 Å². The molecule has 5 nitrogen and oxygen atoms in total. The molecule has 0 spiro atoms. The van der Waals surface area contributed by atoms with E-state index in [1.165, 1.54) is 18.5 Å².